The second-order valence-electron chi connectivity index (χ2n) is 25.8. The van der Waals surface area contributed by atoms with Crippen LogP contribution >= 0.6 is 0 Å². The molecule has 0 atom stereocenters. The molecule has 456 valence electrons. The predicted octanol–water partition coefficient (Wildman–Crippen LogP) is 11.2. The third-order valence-corrected chi connectivity index (χ3v) is 16.4. The number of nitrogens with zero attached hydrogens (tertiary/aromatic N) is 10. The molecule has 2 fully saturated rings. The van der Waals surface area contributed by atoms with Crippen molar-refractivity contribution in [2.24, 2.45) is 0 Å². The lowest BCUT2D eigenvalue weighted by atomic mass is 9.86. The molecule has 4 N–H and O–H groups in total. The van der Waals surface area contributed by atoms with Crippen LogP contribution in [0.2, 0.25) is 0 Å². The standard InChI is InChI=1S/C32H41N7O4S.C30H37N7O4S/c1-19-10-11-21(30(40)34-23-15-22(31(2,3)4)16-24(28(23)43-8)36-44(9,41)42)14-26(19)38-18-25(35-37-38)27-17-33-29(20-12-13-20)39(27)32(5,6)7;1-18-9-10-20(13-25(18)36-17-24(33-35-36)26-16-31-19(2)37(26)29(3,4)5)28(38)32-22-14-21(30(6)11-12-30)15-23(27(22)41-7)34-42(8,39)40/h10-11,14-18,20,36H,12-13H2,1-9H3,(H,34,40);9-10,13-17,34H,11-12H2,1-8H3,(H,32,38). The monoisotopic (exact) mass is 1210 g/mol. The average molecular weight is 1210 g/mol. The highest BCUT2D eigenvalue weighted by Crippen LogP contribution is 2.51. The number of methoxy groups -OCH3 is 2. The van der Waals surface area contributed by atoms with Crippen molar-refractivity contribution in [3.05, 3.63) is 130 Å². The first-order valence-electron chi connectivity index (χ1n) is 28.3. The van der Waals surface area contributed by atoms with Gasteiger partial charge in [0.25, 0.3) is 11.8 Å². The highest BCUT2D eigenvalue weighted by molar-refractivity contribution is 7.92. The van der Waals surface area contributed by atoms with Crippen LogP contribution in [0.3, 0.4) is 0 Å². The zero-order valence-electron chi connectivity index (χ0n) is 52.0. The Morgan fingerprint density at radius 1 is 0.605 bits per heavy atom. The summed E-state index contributed by atoms with van der Waals surface area (Å²) in [6.07, 6.45) is 13.7. The largest absolute Gasteiger partial charge is 0.492 e. The molecule has 0 bridgehead atoms. The summed E-state index contributed by atoms with van der Waals surface area (Å²) in [6, 6.07) is 17.9. The van der Waals surface area contributed by atoms with Gasteiger partial charge in [0.15, 0.2) is 11.5 Å². The molecule has 0 radical (unpaired) electrons. The minimum atomic E-state index is -3.60. The number of sulfonamides is 2. The Hall–Kier alpha value is -8.38. The van der Waals surface area contributed by atoms with Gasteiger partial charge in [-0.05, 0) is 170 Å². The third kappa shape index (κ3) is 13.7. The molecular formula is C62H78N14O8S2. The number of amides is 2. The van der Waals surface area contributed by atoms with Crippen LogP contribution in [-0.4, -0.2) is 104 Å². The maximum absolute atomic E-state index is 13.6. The van der Waals surface area contributed by atoms with Crippen molar-refractivity contribution in [1.29, 1.82) is 0 Å². The Balaban J connectivity index is 0.000000206. The molecule has 4 aromatic carbocycles. The molecule has 86 heavy (non-hydrogen) atoms. The Bertz CT molecular complexity index is 4170. The number of anilines is 4. The van der Waals surface area contributed by atoms with E-state index in [1.807, 2.05) is 78.3 Å². The van der Waals surface area contributed by atoms with Gasteiger partial charge in [-0.2, -0.15) is 0 Å². The van der Waals surface area contributed by atoms with Crippen molar-refractivity contribution in [3.8, 4) is 45.6 Å². The van der Waals surface area contributed by atoms with Crippen LogP contribution in [0.5, 0.6) is 11.5 Å². The van der Waals surface area contributed by atoms with E-state index in [2.05, 4.69) is 103 Å². The fraction of sp³-hybridized carbons (Fsp3) is 0.419. The van der Waals surface area contributed by atoms with Crippen LogP contribution in [0.4, 0.5) is 22.7 Å². The molecule has 0 unspecified atom stereocenters. The predicted molar refractivity (Wildman–Crippen MR) is 335 cm³/mol. The number of carbonyl (C=O) groups excluding carboxylic acids is 2. The van der Waals surface area contributed by atoms with E-state index in [9.17, 15) is 26.4 Å². The van der Waals surface area contributed by atoms with E-state index in [1.165, 1.54) is 14.2 Å². The van der Waals surface area contributed by atoms with E-state index in [1.54, 1.807) is 58.0 Å². The van der Waals surface area contributed by atoms with Crippen molar-refractivity contribution in [1.82, 2.24) is 49.1 Å². The van der Waals surface area contributed by atoms with Gasteiger partial charge < -0.3 is 29.2 Å². The Morgan fingerprint density at radius 2 is 1.03 bits per heavy atom. The number of imidazole rings is 2. The number of carbonyl (C=O) groups is 2. The molecule has 0 saturated heterocycles. The fourth-order valence-electron chi connectivity index (χ4n) is 10.4. The average Bonchev–Trinajstić information content (AvgIpc) is 1.68. The van der Waals surface area contributed by atoms with Gasteiger partial charge in [0.2, 0.25) is 20.0 Å². The number of hydrogen-bond acceptors (Lipinski definition) is 14. The van der Waals surface area contributed by atoms with Crippen LogP contribution in [0.25, 0.3) is 34.2 Å². The number of benzene rings is 4. The number of aryl methyl sites for hydroxylation is 3. The first kappa shape index (κ1) is 62.2. The van der Waals surface area contributed by atoms with Crippen molar-refractivity contribution >= 4 is 54.6 Å². The molecule has 22 nitrogen and oxygen atoms in total. The zero-order chi connectivity index (χ0) is 62.8. The summed E-state index contributed by atoms with van der Waals surface area (Å²) in [5, 5.41) is 23.6. The number of rotatable bonds is 16. The molecule has 4 aromatic heterocycles. The fourth-order valence-corrected chi connectivity index (χ4v) is 11.5. The van der Waals surface area contributed by atoms with Gasteiger partial charge in [0, 0.05) is 28.1 Å². The number of nitrogens with one attached hydrogen (secondary N) is 4. The van der Waals surface area contributed by atoms with Gasteiger partial charge in [0.05, 0.1) is 97.0 Å². The van der Waals surface area contributed by atoms with E-state index in [-0.39, 0.29) is 56.6 Å². The zero-order valence-corrected chi connectivity index (χ0v) is 53.7. The maximum Gasteiger partial charge on any atom is 0.255 e. The van der Waals surface area contributed by atoms with Gasteiger partial charge >= 0.3 is 0 Å². The summed E-state index contributed by atoms with van der Waals surface area (Å²) in [5.74, 6) is 2.13. The Labute approximate surface area is 503 Å². The van der Waals surface area contributed by atoms with E-state index in [4.69, 9.17) is 14.5 Å². The molecule has 2 aliphatic carbocycles. The molecule has 24 heteroatoms. The summed E-state index contributed by atoms with van der Waals surface area (Å²) >= 11 is 0. The first-order chi connectivity index (χ1) is 40.0. The minimum absolute atomic E-state index is 0.0809. The summed E-state index contributed by atoms with van der Waals surface area (Å²) in [6.45, 7) is 26.8. The highest BCUT2D eigenvalue weighted by atomic mass is 32.2. The van der Waals surface area contributed by atoms with Crippen molar-refractivity contribution in [2.45, 2.75) is 144 Å². The number of ether oxygens (including phenoxy) is 2. The summed E-state index contributed by atoms with van der Waals surface area (Å²) in [7, 11) is -4.31. The van der Waals surface area contributed by atoms with Gasteiger partial charge in [0.1, 0.15) is 23.0 Å². The lowest BCUT2D eigenvalue weighted by molar-refractivity contribution is 0.101. The van der Waals surface area contributed by atoms with Crippen LogP contribution in [0.1, 0.15) is 155 Å². The Kier molecular flexibility index (Phi) is 16.5. The van der Waals surface area contributed by atoms with Gasteiger partial charge in [-0.15, -0.1) is 10.2 Å². The van der Waals surface area contributed by atoms with E-state index < -0.39 is 20.0 Å². The molecule has 2 saturated carbocycles. The highest BCUT2D eigenvalue weighted by Gasteiger charge is 2.40. The normalized spacial score (nSPS) is 14.2. The maximum atomic E-state index is 13.6. The molecule has 2 amide bonds. The quantitative estimate of drug-likeness (QED) is 0.0701. The molecule has 4 heterocycles. The van der Waals surface area contributed by atoms with Crippen molar-refractivity contribution < 1.29 is 35.9 Å². The van der Waals surface area contributed by atoms with E-state index >= 15 is 0 Å². The second kappa shape index (κ2) is 22.8. The van der Waals surface area contributed by atoms with Crippen LogP contribution in [0, 0.1) is 20.8 Å². The summed E-state index contributed by atoms with van der Waals surface area (Å²) < 4.78 is 72.3. The van der Waals surface area contributed by atoms with Crippen molar-refractivity contribution in [2.75, 3.05) is 46.8 Å². The Morgan fingerprint density at radius 3 is 1.47 bits per heavy atom. The first-order valence-corrected chi connectivity index (χ1v) is 32.1. The van der Waals surface area contributed by atoms with Crippen molar-refractivity contribution in [3.63, 3.8) is 0 Å². The SMILES string of the molecule is COc1c(NC(=O)c2ccc(C)c(-n3cc(-c4cnc(C)n4C(C)(C)C)nn3)c2)cc(C2(C)CC2)cc1NS(C)(=O)=O.COc1c(NC(=O)c2ccc(C)c(-n3cc(-c4cnc(C5CC5)n4C(C)(C)C)nn3)c2)cc(C(C)(C)C)cc1NS(C)(=O)=O. The molecule has 2 aliphatic rings. The molecule has 0 spiro atoms. The molecular weight excluding hydrogens is 1130 g/mol. The topological polar surface area (TPSA) is 266 Å². The smallest absolute Gasteiger partial charge is 0.255 e. The van der Waals surface area contributed by atoms with Gasteiger partial charge in [-0.3, -0.25) is 19.0 Å². The van der Waals surface area contributed by atoms with Gasteiger partial charge in [-0.1, -0.05) is 50.3 Å². The van der Waals surface area contributed by atoms with E-state index in [0.29, 0.717) is 51.2 Å². The lowest BCUT2D eigenvalue weighted by Gasteiger charge is -2.25. The third-order valence-electron chi connectivity index (χ3n) is 15.2. The van der Waals surface area contributed by atoms with Gasteiger partial charge in [-0.25, -0.2) is 36.2 Å². The summed E-state index contributed by atoms with van der Waals surface area (Å²) in [5.41, 5.74) is 9.35. The van der Waals surface area contributed by atoms with Crippen LogP contribution in [-0.2, 0) is 42.0 Å². The number of aromatic nitrogens is 10. The second-order valence-corrected chi connectivity index (χ2v) is 29.3. The molecule has 8 aromatic rings. The van der Waals surface area contributed by atoms with Crippen LogP contribution < -0.4 is 29.6 Å². The lowest BCUT2D eigenvalue weighted by Crippen LogP contribution is -2.25. The number of hydrogen-bond donors (Lipinski definition) is 4. The van der Waals surface area contributed by atoms with Crippen LogP contribution in [0.15, 0.2) is 85.5 Å². The van der Waals surface area contributed by atoms with E-state index in [0.717, 1.165) is 83.5 Å². The molecule has 0 aliphatic heterocycles. The summed E-state index contributed by atoms with van der Waals surface area (Å²) in [4.78, 5) is 36.4. The molecule has 10 rings (SSSR count). The minimum Gasteiger partial charge on any atom is -0.492 e.